The van der Waals surface area contributed by atoms with Gasteiger partial charge in [0.25, 0.3) is 5.91 Å². The molecule has 1 saturated carbocycles. The van der Waals surface area contributed by atoms with Gasteiger partial charge < -0.3 is 15.1 Å². The Labute approximate surface area is 192 Å². The maximum atomic E-state index is 13.2. The minimum absolute atomic E-state index is 0.00234. The van der Waals surface area contributed by atoms with Crippen LogP contribution in [0.3, 0.4) is 0 Å². The van der Waals surface area contributed by atoms with Crippen molar-refractivity contribution in [3.05, 3.63) is 35.9 Å². The van der Waals surface area contributed by atoms with Gasteiger partial charge in [-0.25, -0.2) is 0 Å². The summed E-state index contributed by atoms with van der Waals surface area (Å²) >= 11 is 0. The van der Waals surface area contributed by atoms with E-state index in [1.165, 1.54) is 19.3 Å². The Hall–Kier alpha value is -2.37. The molecule has 0 radical (unpaired) electrons. The van der Waals surface area contributed by atoms with Crippen LogP contribution < -0.4 is 5.32 Å². The molecule has 3 rings (SSSR count). The lowest BCUT2D eigenvalue weighted by atomic mass is 9.87. The summed E-state index contributed by atoms with van der Waals surface area (Å²) in [6.07, 6.45) is 8.89. The molecular weight excluding hydrogens is 402 g/mol. The Morgan fingerprint density at radius 1 is 1.03 bits per heavy atom. The lowest BCUT2D eigenvalue weighted by molar-refractivity contribution is -0.139. The molecule has 2 fully saturated rings. The molecule has 1 unspecified atom stereocenters. The largest absolute Gasteiger partial charge is 0.345 e. The zero-order valence-electron chi connectivity index (χ0n) is 19.7. The molecule has 0 spiro atoms. The fourth-order valence-corrected chi connectivity index (χ4v) is 5.12. The van der Waals surface area contributed by atoms with Gasteiger partial charge in [-0.1, -0.05) is 44.4 Å². The van der Waals surface area contributed by atoms with E-state index in [9.17, 15) is 14.4 Å². The highest BCUT2D eigenvalue weighted by Gasteiger charge is 2.32. The van der Waals surface area contributed by atoms with Crippen molar-refractivity contribution >= 4 is 17.7 Å². The van der Waals surface area contributed by atoms with Gasteiger partial charge in [-0.15, -0.1) is 0 Å². The van der Waals surface area contributed by atoms with Crippen molar-refractivity contribution in [2.24, 2.45) is 5.92 Å². The normalized spacial score (nSPS) is 18.8. The second kappa shape index (κ2) is 12.0. The molecule has 0 aromatic heterocycles. The van der Waals surface area contributed by atoms with Crippen LogP contribution in [-0.2, 0) is 9.59 Å². The van der Waals surface area contributed by atoms with E-state index in [2.05, 4.69) is 12.2 Å². The van der Waals surface area contributed by atoms with Crippen LogP contribution in [0.2, 0.25) is 0 Å². The molecule has 1 atom stereocenters. The van der Waals surface area contributed by atoms with Crippen LogP contribution in [0.5, 0.6) is 0 Å². The minimum Gasteiger partial charge on any atom is -0.345 e. The lowest BCUT2D eigenvalue weighted by Crippen LogP contribution is -2.54. The van der Waals surface area contributed by atoms with E-state index in [0.717, 1.165) is 32.1 Å². The van der Waals surface area contributed by atoms with Crippen molar-refractivity contribution < 1.29 is 14.4 Å². The van der Waals surface area contributed by atoms with Crippen LogP contribution in [0.4, 0.5) is 0 Å². The topological polar surface area (TPSA) is 69.7 Å². The monoisotopic (exact) mass is 441 g/mol. The van der Waals surface area contributed by atoms with Crippen molar-refractivity contribution in [3.8, 4) is 0 Å². The summed E-state index contributed by atoms with van der Waals surface area (Å²) in [5, 5.41) is 2.96. The first-order chi connectivity index (χ1) is 15.5. The second-order valence-corrected chi connectivity index (χ2v) is 9.42. The SMILES string of the molecule is CCCN(C(=O)C(C)NC(=O)CC1CCCCC1)C1CCN(C(=O)c2ccccc2)CC1. The smallest absolute Gasteiger partial charge is 0.253 e. The van der Waals surface area contributed by atoms with E-state index in [0.29, 0.717) is 37.5 Å². The maximum absolute atomic E-state index is 13.2. The average Bonchev–Trinajstić information content (AvgIpc) is 2.83. The Balaban J connectivity index is 1.52. The molecule has 1 saturated heterocycles. The molecule has 1 aliphatic heterocycles. The Kier molecular flexibility index (Phi) is 9.12. The standard InChI is InChI=1S/C26H39N3O3/c1-3-16-29(25(31)20(2)27-24(30)19-21-10-6-4-7-11-21)23-14-17-28(18-15-23)26(32)22-12-8-5-9-13-22/h5,8-9,12-13,20-21,23H,3-4,6-7,10-11,14-19H2,1-2H3,(H,27,30). The summed E-state index contributed by atoms with van der Waals surface area (Å²) in [6, 6.07) is 8.96. The molecule has 0 bridgehead atoms. The van der Waals surface area contributed by atoms with Crippen molar-refractivity contribution in [2.45, 2.75) is 83.7 Å². The van der Waals surface area contributed by atoms with Gasteiger partial charge in [0.1, 0.15) is 6.04 Å². The van der Waals surface area contributed by atoms with Gasteiger partial charge in [0.15, 0.2) is 0 Å². The van der Waals surface area contributed by atoms with Crippen molar-refractivity contribution in [1.82, 2.24) is 15.1 Å². The number of amides is 3. The summed E-state index contributed by atoms with van der Waals surface area (Å²) < 4.78 is 0. The van der Waals surface area contributed by atoms with E-state index >= 15 is 0 Å². The number of nitrogens with one attached hydrogen (secondary N) is 1. The molecular formula is C26H39N3O3. The van der Waals surface area contributed by atoms with Gasteiger partial charge in [0.2, 0.25) is 11.8 Å². The zero-order valence-corrected chi connectivity index (χ0v) is 19.7. The number of carbonyl (C=O) groups is 3. The highest BCUT2D eigenvalue weighted by atomic mass is 16.2. The molecule has 1 aromatic rings. The molecule has 32 heavy (non-hydrogen) atoms. The summed E-state index contributed by atoms with van der Waals surface area (Å²) in [4.78, 5) is 42.3. The third-order valence-corrected chi connectivity index (χ3v) is 6.91. The fourth-order valence-electron chi connectivity index (χ4n) is 5.12. The molecule has 6 heteroatoms. The van der Waals surface area contributed by atoms with Gasteiger partial charge in [0.05, 0.1) is 0 Å². The van der Waals surface area contributed by atoms with Gasteiger partial charge in [0, 0.05) is 37.7 Å². The van der Waals surface area contributed by atoms with E-state index in [1.807, 2.05) is 40.1 Å². The number of rotatable bonds is 8. The van der Waals surface area contributed by atoms with Crippen LogP contribution in [0.1, 0.15) is 82.0 Å². The lowest BCUT2D eigenvalue weighted by Gasteiger charge is -2.39. The van der Waals surface area contributed by atoms with Crippen LogP contribution >= 0.6 is 0 Å². The maximum Gasteiger partial charge on any atom is 0.253 e. The highest BCUT2D eigenvalue weighted by Crippen LogP contribution is 2.26. The molecule has 1 aromatic carbocycles. The number of piperidine rings is 1. The number of benzene rings is 1. The predicted octanol–water partition coefficient (Wildman–Crippen LogP) is 4.00. The quantitative estimate of drug-likeness (QED) is 0.663. The summed E-state index contributed by atoms with van der Waals surface area (Å²) in [6.45, 7) is 5.85. The van der Waals surface area contributed by atoms with Gasteiger partial charge >= 0.3 is 0 Å². The number of carbonyl (C=O) groups excluding carboxylic acids is 3. The second-order valence-electron chi connectivity index (χ2n) is 9.42. The first-order valence-electron chi connectivity index (χ1n) is 12.4. The van der Waals surface area contributed by atoms with Crippen LogP contribution in [0.25, 0.3) is 0 Å². The number of nitrogens with zero attached hydrogens (tertiary/aromatic N) is 2. The molecule has 1 aliphatic carbocycles. The van der Waals surface area contributed by atoms with E-state index in [4.69, 9.17) is 0 Å². The third kappa shape index (κ3) is 6.57. The molecule has 6 nitrogen and oxygen atoms in total. The Morgan fingerprint density at radius 3 is 2.31 bits per heavy atom. The van der Waals surface area contributed by atoms with Crippen molar-refractivity contribution in [1.29, 1.82) is 0 Å². The summed E-state index contributed by atoms with van der Waals surface area (Å²) in [5.74, 6) is 0.513. The molecule has 176 valence electrons. The van der Waals surface area contributed by atoms with Gasteiger partial charge in [-0.05, 0) is 57.1 Å². The highest BCUT2D eigenvalue weighted by molar-refractivity contribution is 5.94. The molecule has 3 amide bonds. The average molecular weight is 442 g/mol. The first-order valence-corrected chi connectivity index (χ1v) is 12.4. The molecule has 1 heterocycles. The summed E-state index contributed by atoms with van der Waals surface area (Å²) in [5.41, 5.74) is 0.710. The Bertz CT molecular complexity index is 753. The first kappa shape index (κ1) is 24.3. The Morgan fingerprint density at radius 2 is 1.69 bits per heavy atom. The zero-order chi connectivity index (χ0) is 22.9. The number of hydrogen-bond donors (Lipinski definition) is 1. The fraction of sp³-hybridized carbons (Fsp3) is 0.654. The minimum atomic E-state index is -0.512. The summed E-state index contributed by atoms with van der Waals surface area (Å²) in [7, 11) is 0. The van der Waals surface area contributed by atoms with E-state index in [-0.39, 0.29) is 23.8 Å². The number of hydrogen-bond acceptors (Lipinski definition) is 3. The molecule has 2 aliphatic rings. The van der Waals surface area contributed by atoms with Crippen LogP contribution in [0.15, 0.2) is 30.3 Å². The third-order valence-electron chi connectivity index (χ3n) is 6.91. The predicted molar refractivity (Wildman–Crippen MR) is 126 cm³/mol. The van der Waals surface area contributed by atoms with Crippen molar-refractivity contribution in [2.75, 3.05) is 19.6 Å². The number of likely N-dealkylation sites (tertiary alicyclic amines) is 1. The van der Waals surface area contributed by atoms with Crippen LogP contribution in [0, 0.1) is 5.92 Å². The van der Waals surface area contributed by atoms with Crippen molar-refractivity contribution in [3.63, 3.8) is 0 Å². The van der Waals surface area contributed by atoms with Gasteiger partial charge in [-0.2, -0.15) is 0 Å². The van der Waals surface area contributed by atoms with E-state index in [1.54, 1.807) is 6.92 Å². The van der Waals surface area contributed by atoms with E-state index < -0.39 is 6.04 Å². The van der Waals surface area contributed by atoms with Gasteiger partial charge in [-0.3, -0.25) is 14.4 Å². The van der Waals surface area contributed by atoms with Crippen LogP contribution in [-0.4, -0.2) is 59.2 Å². The molecule has 1 N–H and O–H groups in total.